The van der Waals surface area contributed by atoms with Crippen LogP contribution in [0.1, 0.15) is 43.2 Å². The van der Waals surface area contributed by atoms with Crippen LogP contribution in [0.5, 0.6) is 0 Å². The lowest BCUT2D eigenvalue weighted by molar-refractivity contribution is -0.166. The highest BCUT2D eigenvalue weighted by Crippen LogP contribution is 2.36. The zero-order valence-corrected chi connectivity index (χ0v) is 19.6. The van der Waals surface area contributed by atoms with Gasteiger partial charge in [0.25, 0.3) is 5.56 Å². The molecule has 4 rings (SSSR count). The largest absolute Gasteiger partial charge is 0.463 e. The van der Waals surface area contributed by atoms with Crippen molar-refractivity contribution in [3.05, 3.63) is 28.1 Å². The van der Waals surface area contributed by atoms with E-state index >= 15 is 0 Å². The Balaban J connectivity index is 1.89. The topological polar surface area (TPSA) is 162 Å². The summed E-state index contributed by atoms with van der Waals surface area (Å²) in [4.78, 5) is 68.1. The molecule has 186 valence electrons. The number of hydrogen-bond donors (Lipinski definition) is 0. The lowest BCUT2D eigenvalue weighted by Gasteiger charge is -2.24. The maximum Gasteiger partial charge on any atom is 0.303 e. The van der Waals surface area contributed by atoms with Crippen molar-refractivity contribution in [2.45, 2.75) is 52.2 Å². The molecule has 35 heavy (non-hydrogen) atoms. The van der Waals surface area contributed by atoms with Crippen LogP contribution in [0, 0.1) is 6.92 Å². The molecule has 0 radical (unpaired) electrons. The number of imidazole rings is 2. The second kappa shape index (κ2) is 8.94. The number of hydrogen-bond acceptors (Lipinski definition) is 11. The number of fused-ring (bicyclic) bond motifs is 2. The van der Waals surface area contributed by atoms with Crippen molar-refractivity contribution >= 4 is 41.1 Å². The van der Waals surface area contributed by atoms with Crippen molar-refractivity contribution in [3.63, 3.8) is 0 Å². The van der Waals surface area contributed by atoms with Gasteiger partial charge >= 0.3 is 17.9 Å². The van der Waals surface area contributed by atoms with Crippen molar-refractivity contribution < 1.29 is 38.1 Å². The van der Waals surface area contributed by atoms with Crippen LogP contribution in [0.25, 0.3) is 16.9 Å². The molecule has 14 nitrogen and oxygen atoms in total. The van der Waals surface area contributed by atoms with Crippen LogP contribution in [0.4, 0.5) is 0 Å². The highest BCUT2D eigenvalue weighted by Gasteiger charge is 2.51. The molecule has 1 aliphatic heterocycles. The number of carbonyl (C=O) groups excluding carboxylic acids is 4. The standard InChI is InChI=1S/C21H23N5O9/c1-9-13(6-27)23-21-24(5)18-15(19(31)26(9)21)22-8-25(18)20-17(34-12(4)30)16(33-11(3)29)14(35-20)7-32-10(2)28/h6,8,14,16-17,20H,7H2,1-5H3/t14-,16-,17-,20-/m1/s1. The zero-order chi connectivity index (χ0) is 25.6. The van der Waals surface area contributed by atoms with Crippen molar-refractivity contribution in [1.29, 1.82) is 0 Å². The van der Waals surface area contributed by atoms with E-state index in [-0.39, 0.29) is 29.2 Å². The van der Waals surface area contributed by atoms with E-state index in [9.17, 15) is 24.0 Å². The molecule has 1 aliphatic rings. The van der Waals surface area contributed by atoms with Gasteiger partial charge < -0.3 is 18.9 Å². The summed E-state index contributed by atoms with van der Waals surface area (Å²) < 4.78 is 26.2. The number of carbonyl (C=O) groups is 4. The van der Waals surface area contributed by atoms with Gasteiger partial charge in [0.05, 0.1) is 12.0 Å². The molecular weight excluding hydrogens is 466 g/mol. The van der Waals surface area contributed by atoms with Gasteiger partial charge in [0, 0.05) is 27.8 Å². The highest BCUT2D eigenvalue weighted by molar-refractivity contribution is 5.78. The van der Waals surface area contributed by atoms with Crippen LogP contribution in [0.3, 0.4) is 0 Å². The van der Waals surface area contributed by atoms with Crippen LogP contribution in [0.15, 0.2) is 11.1 Å². The molecule has 4 heterocycles. The van der Waals surface area contributed by atoms with Gasteiger partial charge in [-0.3, -0.25) is 33.1 Å². The van der Waals surface area contributed by atoms with Gasteiger partial charge in [-0.1, -0.05) is 0 Å². The van der Waals surface area contributed by atoms with Crippen LogP contribution in [-0.4, -0.2) is 72.6 Å². The van der Waals surface area contributed by atoms with E-state index in [1.165, 1.54) is 40.6 Å². The second-order valence-electron chi connectivity index (χ2n) is 8.04. The van der Waals surface area contributed by atoms with Gasteiger partial charge in [0.1, 0.15) is 18.4 Å². The Morgan fingerprint density at radius 2 is 1.77 bits per heavy atom. The SMILES string of the molecule is CC(=O)OC[C@H]1O[C@@H](n2cnc3c(=O)n4c(C)c(C=O)nc4n(C)c32)[C@H](OC(C)=O)[C@@H]1OC(C)=O. The number of aldehydes is 1. The molecule has 0 N–H and O–H groups in total. The first-order valence-electron chi connectivity index (χ1n) is 10.6. The van der Waals surface area contributed by atoms with Gasteiger partial charge in [0.15, 0.2) is 35.9 Å². The summed E-state index contributed by atoms with van der Waals surface area (Å²) in [5, 5.41) is 0. The van der Waals surface area contributed by atoms with Crippen molar-refractivity contribution in [2.75, 3.05) is 6.61 Å². The number of aryl methyl sites for hydroxylation is 2. The summed E-state index contributed by atoms with van der Waals surface area (Å²) in [6, 6.07) is 0. The molecule has 3 aromatic rings. The summed E-state index contributed by atoms with van der Waals surface area (Å²) in [7, 11) is 1.62. The van der Waals surface area contributed by atoms with Crippen molar-refractivity contribution in [2.24, 2.45) is 7.05 Å². The summed E-state index contributed by atoms with van der Waals surface area (Å²) >= 11 is 0. The Labute approximate surface area is 197 Å². The molecule has 1 fully saturated rings. The molecular formula is C21H23N5O9. The molecule has 0 amide bonds. The number of esters is 3. The van der Waals surface area contributed by atoms with Crippen LogP contribution in [0.2, 0.25) is 0 Å². The maximum absolute atomic E-state index is 13.2. The highest BCUT2D eigenvalue weighted by atomic mass is 16.7. The molecule has 0 aromatic carbocycles. The lowest BCUT2D eigenvalue weighted by Crippen LogP contribution is -2.40. The monoisotopic (exact) mass is 489 g/mol. The normalized spacial score (nSPS) is 21.9. The summed E-state index contributed by atoms with van der Waals surface area (Å²) in [5.41, 5.74) is 0.235. The minimum absolute atomic E-state index is 0.0376. The van der Waals surface area contributed by atoms with E-state index in [1.54, 1.807) is 14.0 Å². The lowest BCUT2D eigenvalue weighted by atomic mass is 10.1. The van der Waals surface area contributed by atoms with Crippen LogP contribution in [-0.2, 0) is 40.4 Å². The molecule has 0 saturated carbocycles. The average molecular weight is 489 g/mol. The van der Waals surface area contributed by atoms with E-state index < -0.39 is 48.0 Å². The Morgan fingerprint density at radius 3 is 2.37 bits per heavy atom. The Morgan fingerprint density at radius 1 is 1.11 bits per heavy atom. The third-order valence-corrected chi connectivity index (χ3v) is 5.64. The fourth-order valence-corrected chi connectivity index (χ4v) is 4.22. The van der Waals surface area contributed by atoms with Crippen molar-refractivity contribution in [1.82, 2.24) is 23.5 Å². The first-order valence-corrected chi connectivity index (χ1v) is 10.6. The maximum atomic E-state index is 13.2. The number of rotatable bonds is 6. The zero-order valence-electron chi connectivity index (χ0n) is 19.6. The third kappa shape index (κ3) is 4.05. The van der Waals surface area contributed by atoms with Gasteiger partial charge in [-0.25, -0.2) is 14.4 Å². The smallest absolute Gasteiger partial charge is 0.303 e. The molecule has 14 heteroatoms. The Bertz CT molecular complexity index is 1420. The quantitative estimate of drug-likeness (QED) is 0.257. The Kier molecular flexibility index (Phi) is 6.15. The molecule has 0 bridgehead atoms. The predicted molar refractivity (Wildman–Crippen MR) is 115 cm³/mol. The summed E-state index contributed by atoms with van der Waals surface area (Å²) in [6.45, 7) is 4.88. The molecule has 4 atom stereocenters. The number of aromatic nitrogens is 5. The fourth-order valence-electron chi connectivity index (χ4n) is 4.22. The van der Waals surface area contributed by atoms with Gasteiger partial charge in [-0.05, 0) is 6.92 Å². The van der Waals surface area contributed by atoms with Crippen LogP contribution < -0.4 is 5.56 Å². The molecule has 3 aromatic heterocycles. The van der Waals surface area contributed by atoms with E-state index in [0.717, 1.165) is 0 Å². The molecule has 0 unspecified atom stereocenters. The third-order valence-electron chi connectivity index (χ3n) is 5.64. The summed E-state index contributed by atoms with van der Waals surface area (Å²) in [6.07, 6.45) is -2.49. The first kappa shape index (κ1) is 24.1. The number of nitrogens with zero attached hydrogens (tertiary/aromatic N) is 5. The molecule has 0 aliphatic carbocycles. The van der Waals surface area contributed by atoms with E-state index in [1.807, 2.05) is 0 Å². The Hall–Kier alpha value is -4.07. The van der Waals surface area contributed by atoms with Gasteiger partial charge in [-0.15, -0.1) is 0 Å². The first-order chi connectivity index (χ1) is 16.5. The van der Waals surface area contributed by atoms with Gasteiger partial charge in [0.2, 0.25) is 5.78 Å². The predicted octanol–water partition coefficient (Wildman–Crippen LogP) is -0.172. The van der Waals surface area contributed by atoms with Gasteiger partial charge in [-0.2, -0.15) is 0 Å². The second-order valence-corrected chi connectivity index (χ2v) is 8.04. The molecule has 1 saturated heterocycles. The van der Waals surface area contributed by atoms with Crippen LogP contribution >= 0.6 is 0 Å². The molecule has 0 spiro atoms. The average Bonchev–Trinajstić information content (AvgIpc) is 3.45. The van der Waals surface area contributed by atoms with E-state index in [2.05, 4.69) is 9.97 Å². The fraction of sp³-hybridized carbons (Fsp3) is 0.476. The summed E-state index contributed by atoms with van der Waals surface area (Å²) in [5.74, 6) is -1.74. The minimum atomic E-state index is -1.16. The van der Waals surface area contributed by atoms with E-state index in [4.69, 9.17) is 18.9 Å². The minimum Gasteiger partial charge on any atom is -0.463 e. The van der Waals surface area contributed by atoms with E-state index in [0.29, 0.717) is 12.0 Å². The van der Waals surface area contributed by atoms with Crippen molar-refractivity contribution in [3.8, 4) is 0 Å². The number of ether oxygens (including phenoxy) is 4.